The molecule has 1 saturated heterocycles. The van der Waals surface area contributed by atoms with Gasteiger partial charge in [-0.05, 0) is 50.4 Å². The Balaban J connectivity index is 1.76. The van der Waals surface area contributed by atoms with Crippen molar-refractivity contribution in [1.82, 2.24) is 10.6 Å². The SMILES string of the molecule is CC(NC(=O)CCC1CCCN1)c1ccc(Cl)cc1. The van der Waals surface area contributed by atoms with Crippen molar-refractivity contribution in [2.45, 2.75) is 44.7 Å². The number of halogens is 1. The Labute approximate surface area is 119 Å². The Morgan fingerprint density at radius 3 is 2.84 bits per heavy atom. The standard InChI is InChI=1S/C15H21ClN2O/c1-11(12-4-6-13(16)7-5-12)18-15(19)9-8-14-3-2-10-17-14/h4-7,11,14,17H,2-3,8-10H2,1H3,(H,18,19). The van der Waals surface area contributed by atoms with Crippen LogP contribution in [0.2, 0.25) is 5.02 Å². The molecule has 1 aliphatic heterocycles. The minimum absolute atomic E-state index is 0.0290. The number of carbonyl (C=O) groups is 1. The lowest BCUT2D eigenvalue weighted by molar-refractivity contribution is -0.121. The second-order valence-electron chi connectivity index (χ2n) is 5.17. The van der Waals surface area contributed by atoms with Gasteiger partial charge in [0.25, 0.3) is 0 Å². The molecule has 3 nitrogen and oxygen atoms in total. The van der Waals surface area contributed by atoms with E-state index in [0.29, 0.717) is 12.5 Å². The molecule has 0 saturated carbocycles. The molecule has 0 radical (unpaired) electrons. The Bertz CT molecular complexity index is 413. The highest BCUT2D eigenvalue weighted by molar-refractivity contribution is 6.30. The van der Waals surface area contributed by atoms with Gasteiger partial charge in [0.15, 0.2) is 0 Å². The summed E-state index contributed by atoms with van der Waals surface area (Å²) < 4.78 is 0. The zero-order chi connectivity index (χ0) is 13.7. The van der Waals surface area contributed by atoms with Crippen LogP contribution in [-0.2, 0) is 4.79 Å². The lowest BCUT2D eigenvalue weighted by atomic mass is 10.1. The first-order valence-corrected chi connectivity index (χ1v) is 7.31. The zero-order valence-electron chi connectivity index (χ0n) is 11.3. The summed E-state index contributed by atoms with van der Waals surface area (Å²) in [6.07, 6.45) is 3.95. The lowest BCUT2D eigenvalue weighted by Crippen LogP contribution is -2.29. The summed E-state index contributed by atoms with van der Waals surface area (Å²) in [4.78, 5) is 11.9. The van der Waals surface area contributed by atoms with Crippen molar-refractivity contribution in [1.29, 1.82) is 0 Å². The normalized spacial score (nSPS) is 20.2. The first-order chi connectivity index (χ1) is 9.15. The third-order valence-corrected chi connectivity index (χ3v) is 3.88. The maximum Gasteiger partial charge on any atom is 0.220 e. The van der Waals surface area contributed by atoms with Gasteiger partial charge in [0.05, 0.1) is 6.04 Å². The second-order valence-corrected chi connectivity index (χ2v) is 5.61. The van der Waals surface area contributed by atoms with Crippen LogP contribution in [0.4, 0.5) is 0 Å². The van der Waals surface area contributed by atoms with Crippen LogP contribution in [0.15, 0.2) is 24.3 Å². The predicted octanol–water partition coefficient (Wildman–Crippen LogP) is 3.05. The monoisotopic (exact) mass is 280 g/mol. The van der Waals surface area contributed by atoms with E-state index in [0.717, 1.165) is 23.6 Å². The Kier molecular flexibility index (Phi) is 5.23. The largest absolute Gasteiger partial charge is 0.350 e. The summed E-state index contributed by atoms with van der Waals surface area (Å²) >= 11 is 5.85. The van der Waals surface area contributed by atoms with Gasteiger partial charge in [-0.2, -0.15) is 0 Å². The van der Waals surface area contributed by atoms with Crippen molar-refractivity contribution in [2.75, 3.05) is 6.54 Å². The van der Waals surface area contributed by atoms with Gasteiger partial charge in [-0.15, -0.1) is 0 Å². The zero-order valence-corrected chi connectivity index (χ0v) is 12.0. The molecule has 2 N–H and O–H groups in total. The average Bonchev–Trinajstić information content (AvgIpc) is 2.90. The molecule has 0 aromatic heterocycles. The highest BCUT2D eigenvalue weighted by Gasteiger charge is 2.16. The first-order valence-electron chi connectivity index (χ1n) is 6.93. The van der Waals surface area contributed by atoms with E-state index >= 15 is 0 Å². The molecule has 1 amide bonds. The fourth-order valence-corrected chi connectivity index (χ4v) is 2.58. The van der Waals surface area contributed by atoms with E-state index < -0.39 is 0 Å². The number of rotatable bonds is 5. The number of amides is 1. The van der Waals surface area contributed by atoms with Crippen LogP contribution in [0, 0.1) is 0 Å². The molecular formula is C15H21ClN2O. The van der Waals surface area contributed by atoms with Gasteiger partial charge in [0.1, 0.15) is 0 Å². The highest BCUT2D eigenvalue weighted by atomic mass is 35.5. The van der Waals surface area contributed by atoms with Crippen molar-refractivity contribution >= 4 is 17.5 Å². The number of nitrogens with one attached hydrogen (secondary N) is 2. The van der Waals surface area contributed by atoms with E-state index in [2.05, 4.69) is 10.6 Å². The average molecular weight is 281 g/mol. The van der Waals surface area contributed by atoms with Crippen molar-refractivity contribution in [3.63, 3.8) is 0 Å². The maximum absolute atomic E-state index is 11.9. The second kappa shape index (κ2) is 6.92. The molecule has 1 aliphatic rings. The van der Waals surface area contributed by atoms with Gasteiger partial charge in [-0.1, -0.05) is 23.7 Å². The van der Waals surface area contributed by atoms with E-state index in [9.17, 15) is 4.79 Å². The predicted molar refractivity (Wildman–Crippen MR) is 78.3 cm³/mol. The minimum Gasteiger partial charge on any atom is -0.350 e. The van der Waals surface area contributed by atoms with Gasteiger partial charge < -0.3 is 10.6 Å². The molecule has 19 heavy (non-hydrogen) atoms. The van der Waals surface area contributed by atoms with Gasteiger partial charge in [-0.25, -0.2) is 0 Å². The topological polar surface area (TPSA) is 41.1 Å². The minimum atomic E-state index is 0.0290. The van der Waals surface area contributed by atoms with Crippen LogP contribution in [-0.4, -0.2) is 18.5 Å². The Morgan fingerprint density at radius 2 is 2.21 bits per heavy atom. The summed E-state index contributed by atoms with van der Waals surface area (Å²) in [5.41, 5.74) is 1.08. The van der Waals surface area contributed by atoms with Crippen LogP contribution in [0.5, 0.6) is 0 Å². The molecule has 1 aromatic rings. The van der Waals surface area contributed by atoms with E-state index in [1.54, 1.807) is 0 Å². The van der Waals surface area contributed by atoms with Crippen LogP contribution in [0.3, 0.4) is 0 Å². The first kappa shape index (κ1) is 14.4. The van der Waals surface area contributed by atoms with Crippen LogP contribution in [0.25, 0.3) is 0 Å². The highest BCUT2D eigenvalue weighted by Crippen LogP contribution is 2.16. The van der Waals surface area contributed by atoms with Gasteiger partial charge in [0, 0.05) is 17.5 Å². The fraction of sp³-hybridized carbons (Fsp3) is 0.533. The molecule has 1 fully saturated rings. The molecule has 0 spiro atoms. The lowest BCUT2D eigenvalue weighted by Gasteiger charge is -2.15. The molecular weight excluding hydrogens is 260 g/mol. The number of benzene rings is 1. The molecule has 1 aromatic carbocycles. The van der Waals surface area contributed by atoms with Crippen molar-refractivity contribution in [3.05, 3.63) is 34.9 Å². The van der Waals surface area contributed by atoms with Crippen molar-refractivity contribution in [2.24, 2.45) is 0 Å². The number of hydrogen-bond donors (Lipinski definition) is 2. The molecule has 0 aliphatic carbocycles. The summed E-state index contributed by atoms with van der Waals surface area (Å²) in [7, 11) is 0. The van der Waals surface area contributed by atoms with Crippen LogP contribution >= 0.6 is 11.6 Å². The Hall–Kier alpha value is -1.06. The van der Waals surface area contributed by atoms with Crippen LogP contribution < -0.4 is 10.6 Å². The third kappa shape index (κ3) is 4.51. The molecule has 4 heteroatoms. The quantitative estimate of drug-likeness (QED) is 0.870. The van der Waals surface area contributed by atoms with Gasteiger partial charge >= 0.3 is 0 Å². The molecule has 2 rings (SSSR count). The fourth-order valence-electron chi connectivity index (χ4n) is 2.46. The van der Waals surface area contributed by atoms with Crippen LogP contribution in [0.1, 0.15) is 44.2 Å². The third-order valence-electron chi connectivity index (χ3n) is 3.63. The molecule has 0 bridgehead atoms. The summed E-state index contributed by atoms with van der Waals surface area (Å²) in [6.45, 7) is 3.09. The van der Waals surface area contributed by atoms with E-state index in [1.807, 2.05) is 31.2 Å². The van der Waals surface area contributed by atoms with Gasteiger partial charge in [0.2, 0.25) is 5.91 Å². The maximum atomic E-state index is 11.9. The van der Waals surface area contributed by atoms with Crippen molar-refractivity contribution < 1.29 is 4.79 Å². The molecule has 1 heterocycles. The van der Waals surface area contributed by atoms with E-state index in [1.165, 1.54) is 12.8 Å². The summed E-state index contributed by atoms with van der Waals surface area (Å²) in [5.74, 6) is 0.121. The smallest absolute Gasteiger partial charge is 0.220 e. The Morgan fingerprint density at radius 1 is 1.47 bits per heavy atom. The van der Waals surface area contributed by atoms with Gasteiger partial charge in [-0.3, -0.25) is 4.79 Å². The van der Waals surface area contributed by atoms with E-state index in [-0.39, 0.29) is 11.9 Å². The molecule has 2 unspecified atom stereocenters. The number of hydrogen-bond acceptors (Lipinski definition) is 2. The molecule has 2 atom stereocenters. The molecule has 104 valence electrons. The summed E-state index contributed by atoms with van der Waals surface area (Å²) in [5, 5.41) is 7.16. The van der Waals surface area contributed by atoms with Crippen molar-refractivity contribution in [3.8, 4) is 0 Å². The summed E-state index contributed by atoms with van der Waals surface area (Å²) in [6, 6.07) is 8.15. The number of carbonyl (C=O) groups excluding carboxylic acids is 1. The van der Waals surface area contributed by atoms with E-state index in [4.69, 9.17) is 11.6 Å².